The van der Waals surface area contributed by atoms with Gasteiger partial charge >= 0.3 is 6.03 Å². The largest absolute Gasteiger partial charge is 0.384 e. The molecule has 1 aromatic heterocycles. The first-order chi connectivity index (χ1) is 8.56. The van der Waals surface area contributed by atoms with Gasteiger partial charge in [-0.1, -0.05) is 19.8 Å². The van der Waals surface area contributed by atoms with Crippen LogP contribution in [0, 0.1) is 0 Å². The van der Waals surface area contributed by atoms with E-state index >= 15 is 0 Å². The maximum absolute atomic E-state index is 11.5. The van der Waals surface area contributed by atoms with Crippen molar-refractivity contribution in [1.82, 2.24) is 10.6 Å². The molecule has 0 fully saturated rings. The third kappa shape index (κ3) is 5.06. The second kappa shape index (κ2) is 7.38. The number of aliphatic hydroxyl groups is 1. The molecule has 0 radical (unpaired) electrons. The van der Waals surface area contributed by atoms with Crippen LogP contribution in [0.15, 0.2) is 16.8 Å². The van der Waals surface area contributed by atoms with Gasteiger partial charge in [-0.25, -0.2) is 4.79 Å². The maximum Gasteiger partial charge on any atom is 0.314 e. The van der Waals surface area contributed by atoms with E-state index in [2.05, 4.69) is 17.6 Å². The lowest BCUT2D eigenvalue weighted by Crippen LogP contribution is -2.43. The van der Waals surface area contributed by atoms with Crippen LogP contribution < -0.4 is 10.6 Å². The molecular weight excluding hydrogens is 248 g/mol. The van der Waals surface area contributed by atoms with Crippen LogP contribution >= 0.6 is 11.3 Å². The molecule has 0 spiro atoms. The number of hydrogen-bond donors (Lipinski definition) is 3. The SMILES string of the molecule is CCCCCNC(=O)NCC(C)(O)c1ccsc1. The molecule has 0 aliphatic rings. The lowest BCUT2D eigenvalue weighted by molar-refractivity contribution is 0.0598. The minimum atomic E-state index is -1.01. The minimum Gasteiger partial charge on any atom is -0.384 e. The molecule has 1 heterocycles. The summed E-state index contributed by atoms with van der Waals surface area (Å²) in [6.45, 7) is 4.72. The zero-order chi connectivity index (χ0) is 13.4. The molecule has 4 nitrogen and oxygen atoms in total. The van der Waals surface area contributed by atoms with Gasteiger partial charge in [0, 0.05) is 6.54 Å². The second-order valence-corrected chi connectivity index (χ2v) is 5.38. The van der Waals surface area contributed by atoms with E-state index in [1.807, 2.05) is 16.8 Å². The summed E-state index contributed by atoms with van der Waals surface area (Å²) in [5.74, 6) is 0. The van der Waals surface area contributed by atoms with Crippen LogP contribution in [-0.4, -0.2) is 24.2 Å². The zero-order valence-corrected chi connectivity index (χ0v) is 11.8. The fourth-order valence-corrected chi connectivity index (χ4v) is 2.35. The molecule has 0 saturated carbocycles. The normalized spacial score (nSPS) is 13.9. The summed E-state index contributed by atoms with van der Waals surface area (Å²) in [5, 5.41) is 19.5. The topological polar surface area (TPSA) is 61.4 Å². The molecule has 2 amide bonds. The Kier molecular flexibility index (Phi) is 6.15. The minimum absolute atomic E-state index is 0.212. The van der Waals surface area contributed by atoms with E-state index < -0.39 is 5.60 Å². The molecule has 0 bridgehead atoms. The highest BCUT2D eigenvalue weighted by Gasteiger charge is 2.23. The van der Waals surface area contributed by atoms with Gasteiger partial charge in [0.15, 0.2) is 0 Å². The predicted octanol–water partition coefficient (Wildman–Crippen LogP) is 2.45. The Morgan fingerprint density at radius 2 is 2.22 bits per heavy atom. The molecule has 0 aromatic carbocycles. The average Bonchev–Trinajstić information content (AvgIpc) is 2.87. The first-order valence-corrected chi connectivity index (χ1v) is 7.27. The Labute approximate surface area is 112 Å². The van der Waals surface area contributed by atoms with Crippen LogP contribution in [0.1, 0.15) is 38.7 Å². The first kappa shape index (κ1) is 15.0. The Morgan fingerprint density at radius 3 is 2.83 bits per heavy atom. The Balaban J connectivity index is 2.25. The molecule has 5 heteroatoms. The summed E-state index contributed by atoms with van der Waals surface area (Å²) in [5.41, 5.74) is -0.181. The number of amides is 2. The van der Waals surface area contributed by atoms with Crippen molar-refractivity contribution < 1.29 is 9.90 Å². The number of thiophene rings is 1. The van der Waals surface area contributed by atoms with E-state index in [9.17, 15) is 9.90 Å². The van der Waals surface area contributed by atoms with Crippen molar-refractivity contribution in [2.45, 2.75) is 38.7 Å². The summed E-state index contributed by atoms with van der Waals surface area (Å²) in [6.07, 6.45) is 3.24. The third-order valence-corrected chi connectivity index (χ3v) is 3.49. The van der Waals surface area contributed by atoms with Gasteiger partial charge in [-0.15, -0.1) is 0 Å². The summed E-state index contributed by atoms with van der Waals surface area (Å²) in [7, 11) is 0. The highest BCUT2D eigenvalue weighted by atomic mass is 32.1. The van der Waals surface area contributed by atoms with Crippen molar-refractivity contribution in [2.24, 2.45) is 0 Å². The monoisotopic (exact) mass is 270 g/mol. The zero-order valence-electron chi connectivity index (χ0n) is 11.0. The highest BCUT2D eigenvalue weighted by Crippen LogP contribution is 2.21. The molecule has 1 atom stereocenters. The first-order valence-electron chi connectivity index (χ1n) is 6.33. The van der Waals surface area contributed by atoms with Gasteiger partial charge in [0.25, 0.3) is 0 Å². The van der Waals surface area contributed by atoms with Crippen LogP contribution in [-0.2, 0) is 5.60 Å². The van der Waals surface area contributed by atoms with Crippen LogP contribution in [0.2, 0.25) is 0 Å². The number of hydrogen-bond acceptors (Lipinski definition) is 3. The molecule has 3 N–H and O–H groups in total. The van der Waals surface area contributed by atoms with Crippen LogP contribution in [0.25, 0.3) is 0 Å². The fraction of sp³-hybridized carbons (Fsp3) is 0.615. The summed E-state index contributed by atoms with van der Waals surface area (Å²) in [4.78, 5) is 11.5. The fourth-order valence-electron chi connectivity index (χ4n) is 1.56. The second-order valence-electron chi connectivity index (χ2n) is 4.60. The number of carbonyl (C=O) groups excluding carboxylic acids is 1. The van der Waals surface area contributed by atoms with Crippen molar-refractivity contribution in [3.8, 4) is 0 Å². The molecule has 102 valence electrons. The quantitative estimate of drug-likeness (QED) is 0.666. The van der Waals surface area contributed by atoms with Crippen LogP contribution in [0.3, 0.4) is 0 Å². The molecule has 1 unspecified atom stereocenters. The van der Waals surface area contributed by atoms with Crippen molar-refractivity contribution in [2.75, 3.05) is 13.1 Å². The van der Waals surface area contributed by atoms with E-state index in [0.29, 0.717) is 6.54 Å². The summed E-state index contributed by atoms with van der Waals surface area (Å²) >= 11 is 1.53. The van der Waals surface area contributed by atoms with Gasteiger partial charge in [0.2, 0.25) is 0 Å². The molecule has 0 saturated heterocycles. The molecule has 0 aliphatic carbocycles. The summed E-state index contributed by atoms with van der Waals surface area (Å²) < 4.78 is 0. The number of urea groups is 1. The van der Waals surface area contributed by atoms with Crippen molar-refractivity contribution in [3.05, 3.63) is 22.4 Å². The smallest absolute Gasteiger partial charge is 0.314 e. The maximum atomic E-state index is 11.5. The number of unbranched alkanes of at least 4 members (excludes halogenated alkanes) is 2. The molecule has 1 aromatic rings. The van der Waals surface area contributed by atoms with Crippen molar-refractivity contribution in [1.29, 1.82) is 0 Å². The molecular formula is C13H22N2O2S. The highest BCUT2D eigenvalue weighted by molar-refractivity contribution is 7.08. The lowest BCUT2D eigenvalue weighted by atomic mass is 9.99. The van der Waals surface area contributed by atoms with Gasteiger partial charge in [-0.2, -0.15) is 11.3 Å². The Bertz CT molecular complexity index is 350. The van der Waals surface area contributed by atoms with E-state index in [1.165, 1.54) is 11.3 Å². The lowest BCUT2D eigenvalue weighted by Gasteiger charge is -2.22. The van der Waals surface area contributed by atoms with Crippen molar-refractivity contribution >= 4 is 17.4 Å². The van der Waals surface area contributed by atoms with E-state index in [4.69, 9.17) is 0 Å². The number of carbonyl (C=O) groups is 1. The van der Waals surface area contributed by atoms with Crippen LogP contribution in [0.4, 0.5) is 4.79 Å². The van der Waals surface area contributed by atoms with E-state index in [-0.39, 0.29) is 12.6 Å². The predicted molar refractivity (Wildman–Crippen MR) is 74.8 cm³/mol. The van der Waals surface area contributed by atoms with Gasteiger partial charge < -0.3 is 15.7 Å². The number of nitrogens with one attached hydrogen (secondary N) is 2. The molecule has 18 heavy (non-hydrogen) atoms. The third-order valence-electron chi connectivity index (χ3n) is 2.80. The standard InChI is InChI=1S/C13H22N2O2S/c1-3-4-5-7-14-12(16)15-10-13(2,17)11-6-8-18-9-11/h6,8-9,17H,3-5,7,10H2,1-2H3,(H2,14,15,16). The van der Waals surface area contributed by atoms with Gasteiger partial charge in [-0.3, -0.25) is 0 Å². The Hall–Kier alpha value is -1.07. The van der Waals surface area contributed by atoms with Gasteiger partial charge in [0.1, 0.15) is 5.60 Å². The number of rotatable bonds is 7. The van der Waals surface area contributed by atoms with Gasteiger partial charge in [0.05, 0.1) is 6.54 Å². The summed E-state index contributed by atoms with van der Waals surface area (Å²) in [6, 6.07) is 1.65. The van der Waals surface area contributed by atoms with Crippen molar-refractivity contribution in [3.63, 3.8) is 0 Å². The molecule has 1 rings (SSSR count). The average molecular weight is 270 g/mol. The Morgan fingerprint density at radius 1 is 1.44 bits per heavy atom. The van der Waals surface area contributed by atoms with E-state index in [0.717, 1.165) is 24.8 Å². The molecule has 0 aliphatic heterocycles. The van der Waals surface area contributed by atoms with Crippen LogP contribution in [0.5, 0.6) is 0 Å². The van der Waals surface area contributed by atoms with Gasteiger partial charge in [-0.05, 0) is 35.7 Å². The van der Waals surface area contributed by atoms with E-state index in [1.54, 1.807) is 6.92 Å².